The van der Waals surface area contributed by atoms with Crippen LogP contribution in [0.15, 0.2) is 29.3 Å². The Morgan fingerprint density at radius 2 is 1.97 bits per heavy atom. The van der Waals surface area contributed by atoms with Crippen LogP contribution in [-0.4, -0.2) is 54.1 Å². The van der Waals surface area contributed by atoms with Crippen molar-refractivity contribution >= 4 is 50.3 Å². The van der Waals surface area contributed by atoms with Crippen molar-refractivity contribution in [2.75, 3.05) is 24.2 Å². The van der Waals surface area contributed by atoms with Gasteiger partial charge in [-0.15, -0.1) is 11.3 Å². The van der Waals surface area contributed by atoms with Crippen LogP contribution >= 0.6 is 22.9 Å². The lowest BCUT2D eigenvalue weighted by molar-refractivity contribution is -0.137. The lowest BCUT2D eigenvalue weighted by atomic mass is 9.99. The predicted molar refractivity (Wildman–Crippen MR) is 137 cm³/mol. The van der Waals surface area contributed by atoms with Crippen molar-refractivity contribution in [3.05, 3.63) is 51.0 Å². The molecule has 8 nitrogen and oxygen atoms in total. The lowest BCUT2D eigenvalue weighted by Crippen LogP contribution is -2.32. The van der Waals surface area contributed by atoms with Crippen molar-refractivity contribution in [2.45, 2.75) is 42.9 Å². The van der Waals surface area contributed by atoms with Crippen LogP contribution in [-0.2, 0) is 29.0 Å². The first-order valence-corrected chi connectivity index (χ1v) is 14.8. The number of benzene rings is 1. The summed E-state index contributed by atoms with van der Waals surface area (Å²) in [4.78, 5) is 22.2. The van der Waals surface area contributed by atoms with Gasteiger partial charge in [0.25, 0.3) is 5.91 Å². The Hall–Kier alpha value is -2.74. The zero-order valence-corrected chi connectivity index (χ0v) is 22.1. The molecule has 1 aromatic carbocycles. The van der Waals surface area contributed by atoms with Gasteiger partial charge >= 0.3 is 6.18 Å². The van der Waals surface area contributed by atoms with E-state index < -0.39 is 33.2 Å². The Bertz CT molecular complexity index is 1570. The molecule has 38 heavy (non-hydrogen) atoms. The molecule has 1 fully saturated rings. The highest BCUT2D eigenvalue weighted by atomic mass is 35.5. The maximum absolute atomic E-state index is 13.9. The van der Waals surface area contributed by atoms with Crippen LogP contribution in [0.3, 0.4) is 0 Å². The van der Waals surface area contributed by atoms with E-state index >= 15 is 0 Å². The number of alkyl halides is 3. The first-order chi connectivity index (χ1) is 18.0. The number of aromatic nitrogens is 2. The van der Waals surface area contributed by atoms with E-state index in [9.17, 15) is 26.4 Å². The van der Waals surface area contributed by atoms with Gasteiger partial charge in [-0.25, -0.2) is 18.4 Å². The summed E-state index contributed by atoms with van der Waals surface area (Å²) in [6, 6.07) is 5.44. The van der Waals surface area contributed by atoms with Gasteiger partial charge in [0.15, 0.2) is 9.84 Å². The Morgan fingerprint density at radius 3 is 2.71 bits per heavy atom. The number of nitrogens with zero attached hydrogens (tertiary/aromatic N) is 3. The van der Waals surface area contributed by atoms with E-state index in [4.69, 9.17) is 11.6 Å². The molecular formula is C24H21ClF3N5O3S2. The number of thiophene rings is 1. The molecule has 0 radical (unpaired) electrons. The van der Waals surface area contributed by atoms with Crippen LogP contribution in [0.5, 0.6) is 0 Å². The minimum atomic E-state index is -4.81. The molecule has 2 aromatic heterocycles. The molecule has 6 rings (SSSR count). The molecule has 1 aliphatic carbocycles. The number of nitrogens with one attached hydrogen (secondary N) is 2. The summed E-state index contributed by atoms with van der Waals surface area (Å²) in [5.41, 5.74) is 1.01. The average Bonchev–Trinajstić information content (AvgIpc) is 3.61. The van der Waals surface area contributed by atoms with E-state index in [0.29, 0.717) is 34.3 Å². The summed E-state index contributed by atoms with van der Waals surface area (Å²) >= 11 is 7.17. The first-order valence-electron chi connectivity index (χ1n) is 11.9. The van der Waals surface area contributed by atoms with E-state index in [2.05, 4.69) is 25.5 Å². The van der Waals surface area contributed by atoms with Crippen molar-refractivity contribution in [2.24, 2.45) is 0 Å². The van der Waals surface area contributed by atoms with Gasteiger partial charge in [0.05, 0.1) is 31.9 Å². The number of fused-ring (bicyclic) bond motifs is 2. The lowest BCUT2D eigenvalue weighted by Gasteiger charge is -2.29. The number of hydrogen-bond donors (Lipinski definition) is 2. The average molecular weight is 584 g/mol. The predicted octanol–water partition coefficient (Wildman–Crippen LogP) is 4.66. The van der Waals surface area contributed by atoms with E-state index in [0.717, 1.165) is 36.7 Å². The van der Waals surface area contributed by atoms with E-state index in [1.807, 2.05) is 12.1 Å². The monoisotopic (exact) mass is 583 g/mol. The van der Waals surface area contributed by atoms with Gasteiger partial charge in [-0.05, 0) is 48.6 Å². The number of carbonyl (C=O) groups excluding carboxylic acids is 1. The third-order valence-corrected chi connectivity index (χ3v) is 10.2. The molecule has 0 bridgehead atoms. The zero-order chi connectivity index (χ0) is 26.8. The van der Waals surface area contributed by atoms with Crippen molar-refractivity contribution in [1.29, 1.82) is 0 Å². The number of sulfone groups is 1. The molecular weight excluding hydrogens is 563 g/mol. The summed E-state index contributed by atoms with van der Waals surface area (Å²) in [7, 11) is -3.86. The molecule has 200 valence electrons. The summed E-state index contributed by atoms with van der Waals surface area (Å²) in [6.45, 7) is 1.66. The fourth-order valence-corrected chi connectivity index (χ4v) is 7.83. The second-order valence-corrected chi connectivity index (χ2v) is 13.0. The first kappa shape index (κ1) is 25.5. The maximum Gasteiger partial charge on any atom is 0.420 e. The number of anilines is 2. The van der Waals surface area contributed by atoms with Gasteiger partial charge in [0.2, 0.25) is 5.95 Å². The minimum absolute atomic E-state index is 0.0760. The van der Waals surface area contributed by atoms with Gasteiger partial charge in [0, 0.05) is 31.9 Å². The number of hydrogen-bond acceptors (Lipinski definition) is 8. The Balaban J connectivity index is 1.37. The van der Waals surface area contributed by atoms with Crippen LogP contribution in [0.4, 0.5) is 24.8 Å². The minimum Gasteiger partial charge on any atom is -0.350 e. The quantitative estimate of drug-likeness (QED) is 0.460. The van der Waals surface area contributed by atoms with Crippen LogP contribution in [0.25, 0.3) is 10.6 Å². The van der Waals surface area contributed by atoms with Gasteiger partial charge in [-0.2, -0.15) is 13.2 Å². The summed E-state index contributed by atoms with van der Waals surface area (Å²) in [6.07, 6.45) is -0.925. The largest absolute Gasteiger partial charge is 0.420 e. The molecule has 3 aliphatic rings. The third kappa shape index (κ3) is 4.76. The Labute approximate surface area is 225 Å². The smallest absolute Gasteiger partial charge is 0.350 e. The van der Waals surface area contributed by atoms with Crippen molar-refractivity contribution in [1.82, 2.24) is 20.2 Å². The topological polar surface area (TPSA) is 104 Å². The number of carbonyl (C=O) groups is 1. The second-order valence-electron chi connectivity index (χ2n) is 9.51. The molecule has 3 aromatic rings. The highest BCUT2D eigenvalue weighted by Gasteiger charge is 2.38. The summed E-state index contributed by atoms with van der Waals surface area (Å²) < 4.78 is 66.9. The molecule has 0 atom stereocenters. The number of halogens is 4. The summed E-state index contributed by atoms with van der Waals surface area (Å²) in [5, 5.41) is 5.77. The Morgan fingerprint density at radius 1 is 1.18 bits per heavy atom. The van der Waals surface area contributed by atoms with Gasteiger partial charge in [-0.1, -0.05) is 11.6 Å². The highest BCUT2D eigenvalue weighted by Crippen LogP contribution is 2.42. The maximum atomic E-state index is 13.9. The van der Waals surface area contributed by atoms with Crippen LogP contribution < -0.4 is 10.6 Å². The van der Waals surface area contributed by atoms with E-state index in [1.165, 1.54) is 12.8 Å². The standard InChI is InChI=1S/C24H21ClF3N5O3S2/c25-16-7-13-11-33(14-1-2-14)5-3-12(13)8-17(16)31-23-30-10-15(24(26,27)28)20(32-23)18-9-19-21(37-18)22(34)29-4-6-38(19,35)36/h7-10,14H,1-6,11H2,(H,29,34)(H,30,31,32). The normalized spacial score (nSPS) is 19.3. The fourth-order valence-electron chi connectivity index (χ4n) is 4.78. The van der Waals surface area contributed by atoms with E-state index in [1.54, 1.807) is 0 Å². The number of rotatable bonds is 4. The molecule has 14 heteroatoms. The third-order valence-electron chi connectivity index (χ3n) is 6.86. The van der Waals surface area contributed by atoms with Crippen molar-refractivity contribution in [3.8, 4) is 10.6 Å². The molecule has 0 spiro atoms. The molecule has 0 unspecified atom stereocenters. The van der Waals surface area contributed by atoms with Crippen LogP contribution in [0.1, 0.15) is 39.2 Å². The van der Waals surface area contributed by atoms with Gasteiger partial charge in [0.1, 0.15) is 10.4 Å². The SMILES string of the molecule is O=C1NCCS(=O)(=O)c2cc(-c3nc(Nc4cc5c(cc4Cl)CN(C4CC4)CC5)ncc3C(F)(F)F)sc21. The van der Waals surface area contributed by atoms with Gasteiger partial charge in [-0.3, -0.25) is 9.69 Å². The van der Waals surface area contributed by atoms with E-state index in [-0.39, 0.29) is 32.9 Å². The number of amides is 1. The van der Waals surface area contributed by atoms with Crippen LogP contribution in [0.2, 0.25) is 5.02 Å². The highest BCUT2D eigenvalue weighted by molar-refractivity contribution is 7.91. The molecule has 1 amide bonds. The van der Waals surface area contributed by atoms with Crippen LogP contribution in [0, 0.1) is 0 Å². The van der Waals surface area contributed by atoms with Gasteiger partial charge < -0.3 is 10.6 Å². The molecule has 0 saturated heterocycles. The zero-order valence-electron chi connectivity index (χ0n) is 19.7. The molecule has 1 saturated carbocycles. The Kier molecular flexibility index (Phi) is 6.17. The molecule has 4 heterocycles. The summed E-state index contributed by atoms with van der Waals surface area (Å²) in [5.74, 6) is -1.14. The van der Waals surface area contributed by atoms with Crippen molar-refractivity contribution in [3.63, 3.8) is 0 Å². The van der Waals surface area contributed by atoms with Crippen molar-refractivity contribution < 1.29 is 26.4 Å². The second kappa shape index (κ2) is 9.18. The molecule has 2 aliphatic heterocycles. The fraction of sp³-hybridized carbons (Fsp3) is 0.375. The molecule has 2 N–H and O–H groups in total.